The van der Waals surface area contributed by atoms with E-state index in [4.69, 9.17) is 27.9 Å². The van der Waals surface area contributed by atoms with Crippen LogP contribution in [0.25, 0.3) is 11.1 Å². The van der Waals surface area contributed by atoms with Gasteiger partial charge in [-0.15, -0.1) is 0 Å². The average molecular weight is 281 g/mol. The first-order chi connectivity index (χ1) is 8.70. The lowest BCUT2D eigenvalue weighted by atomic mass is 10.1. The van der Waals surface area contributed by atoms with Gasteiger partial charge in [0.05, 0.1) is 11.6 Å². The van der Waals surface area contributed by atoms with Crippen LogP contribution in [-0.4, -0.2) is 6.61 Å². The van der Waals surface area contributed by atoms with E-state index in [1.54, 1.807) is 0 Å². The van der Waals surface area contributed by atoms with Crippen LogP contribution in [0.5, 0.6) is 5.75 Å². The molecule has 0 saturated heterocycles. The SMILES string of the molecule is CCCOc1ccc(-c2cccc(Cl)c2)cc1Cl. The van der Waals surface area contributed by atoms with E-state index in [2.05, 4.69) is 6.92 Å². The number of hydrogen-bond donors (Lipinski definition) is 0. The quantitative estimate of drug-likeness (QED) is 0.724. The predicted octanol–water partition coefficient (Wildman–Crippen LogP) is 5.45. The Morgan fingerprint density at radius 3 is 2.44 bits per heavy atom. The zero-order chi connectivity index (χ0) is 13.0. The van der Waals surface area contributed by atoms with Gasteiger partial charge in [-0.05, 0) is 41.8 Å². The van der Waals surface area contributed by atoms with E-state index in [0.29, 0.717) is 11.6 Å². The second kappa shape index (κ2) is 6.12. The van der Waals surface area contributed by atoms with Crippen LogP contribution in [0, 0.1) is 0 Å². The Labute approximate surface area is 117 Å². The predicted molar refractivity (Wildman–Crippen MR) is 77.7 cm³/mol. The molecule has 0 heterocycles. The Kier molecular flexibility index (Phi) is 4.51. The van der Waals surface area contributed by atoms with Crippen LogP contribution in [0.3, 0.4) is 0 Å². The van der Waals surface area contributed by atoms with E-state index in [0.717, 1.165) is 28.3 Å². The molecule has 94 valence electrons. The molecule has 0 radical (unpaired) electrons. The fourth-order valence-electron chi connectivity index (χ4n) is 1.68. The Hall–Kier alpha value is -1.18. The molecule has 18 heavy (non-hydrogen) atoms. The first-order valence-electron chi connectivity index (χ1n) is 5.89. The maximum atomic E-state index is 6.20. The van der Waals surface area contributed by atoms with E-state index in [1.807, 2.05) is 42.5 Å². The van der Waals surface area contributed by atoms with Gasteiger partial charge in [0.2, 0.25) is 0 Å². The van der Waals surface area contributed by atoms with Crippen molar-refractivity contribution in [1.82, 2.24) is 0 Å². The molecule has 0 amide bonds. The summed E-state index contributed by atoms with van der Waals surface area (Å²) in [7, 11) is 0. The monoisotopic (exact) mass is 280 g/mol. The molecule has 0 N–H and O–H groups in total. The van der Waals surface area contributed by atoms with Crippen LogP contribution >= 0.6 is 23.2 Å². The fourth-order valence-corrected chi connectivity index (χ4v) is 2.10. The largest absolute Gasteiger partial charge is 0.492 e. The van der Waals surface area contributed by atoms with Crippen LogP contribution in [-0.2, 0) is 0 Å². The molecule has 0 aliphatic carbocycles. The molecule has 0 unspecified atom stereocenters. The molecule has 0 atom stereocenters. The van der Waals surface area contributed by atoms with Gasteiger partial charge >= 0.3 is 0 Å². The maximum Gasteiger partial charge on any atom is 0.137 e. The average Bonchev–Trinajstić information content (AvgIpc) is 2.37. The van der Waals surface area contributed by atoms with Gasteiger partial charge in [-0.2, -0.15) is 0 Å². The van der Waals surface area contributed by atoms with Gasteiger partial charge in [-0.1, -0.05) is 48.3 Å². The maximum absolute atomic E-state index is 6.20. The van der Waals surface area contributed by atoms with Crippen molar-refractivity contribution >= 4 is 23.2 Å². The van der Waals surface area contributed by atoms with Crippen molar-refractivity contribution in [2.24, 2.45) is 0 Å². The lowest BCUT2D eigenvalue weighted by Crippen LogP contribution is -1.95. The summed E-state index contributed by atoms with van der Waals surface area (Å²) in [4.78, 5) is 0. The van der Waals surface area contributed by atoms with Crippen molar-refractivity contribution in [1.29, 1.82) is 0 Å². The zero-order valence-electron chi connectivity index (χ0n) is 10.1. The summed E-state index contributed by atoms with van der Waals surface area (Å²) < 4.78 is 5.54. The molecule has 2 aromatic carbocycles. The van der Waals surface area contributed by atoms with Gasteiger partial charge in [0.1, 0.15) is 5.75 Å². The van der Waals surface area contributed by atoms with Gasteiger partial charge in [0.25, 0.3) is 0 Å². The van der Waals surface area contributed by atoms with Crippen LogP contribution < -0.4 is 4.74 Å². The van der Waals surface area contributed by atoms with Crippen LogP contribution in [0.2, 0.25) is 10.0 Å². The topological polar surface area (TPSA) is 9.23 Å². The summed E-state index contributed by atoms with van der Waals surface area (Å²) in [6.45, 7) is 2.74. The Balaban J connectivity index is 2.28. The highest BCUT2D eigenvalue weighted by Crippen LogP contribution is 2.31. The molecular weight excluding hydrogens is 267 g/mol. The van der Waals surface area contributed by atoms with Crippen molar-refractivity contribution in [3.8, 4) is 16.9 Å². The molecule has 0 aromatic heterocycles. The minimum atomic E-state index is 0.626. The molecule has 2 rings (SSSR count). The first kappa shape index (κ1) is 13.3. The Bertz CT molecular complexity index is 538. The van der Waals surface area contributed by atoms with Gasteiger partial charge in [-0.3, -0.25) is 0 Å². The lowest BCUT2D eigenvalue weighted by Gasteiger charge is -2.09. The van der Waals surface area contributed by atoms with Gasteiger partial charge in [-0.25, -0.2) is 0 Å². The third-order valence-corrected chi connectivity index (χ3v) is 3.08. The number of halogens is 2. The fraction of sp³-hybridized carbons (Fsp3) is 0.200. The summed E-state index contributed by atoms with van der Waals surface area (Å²) >= 11 is 12.2. The highest BCUT2D eigenvalue weighted by Gasteiger charge is 2.05. The van der Waals surface area contributed by atoms with Crippen molar-refractivity contribution in [3.63, 3.8) is 0 Å². The summed E-state index contributed by atoms with van der Waals surface area (Å²) in [6, 6.07) is 13.5. The molecule has 0 aliphatic rings. The molecular formula is C15H14Cl2O. The summed E-state index contributed by atoms with van der Waals surface area (Å²) in [6.07, 6.45) is 0.965. The molecule has 0 saturated carbocycles. The highest BCUT2D eigenvalue weighted by atomic mass is 35.5. The third-order valence-electron chi connectivity index (χ3n) is 2.55. The summed E-state index contributed by atoms with van der Waals surface area (Å²) in [5.74, 6) is 0.726. The smallest absolute Gasteiger partial charge is 0.137 e. The number of rotatable bonds is 4. The highest BCUT2D eigenvalue weighted by molar-refractivity contribution is 6.32. The summed E-state index contributed by atoms with van der Waals surface area (Å²) in [5, 5.41) is 1.34. The zero-order valence-corrected chi connectivity index (χ0v) is 11.6. The molecule has 0 aliphatic heterocycles. The second-order valence-electron chi connectivity index (χ2n) is 4.00. The molecule has 1 nitrogen and oxygen atoms in total. The number of ether oxygens (including phenoxy) is 1. The van der Waals surface area contributed by atoms with E-state index in [9.17, 15) is 0 Å². The first-order valence-corrected chi connectivity index (χ1v) is 6.64. The van der Waals surface area contributed by atoms with Gasteiger partial charge in [0.15, 0.2) is 0 Å². The summed E-state index contributed by atoms with van der Waals surface area (Å²) in [5.41, 5.74) is 2.08. The second-order valence-corrected chi connectivity index (χ2v) is 4.85. The lowest BCUT2D eigenvalue weighted by molar-refractivity contribution is 0.317. The van der Waals surface area contributed by atoms with Crippen molar-refractivity contribution in [3.05, 3.63) is 52.5 Å². The van der Waals surface area contributed by atoms with Crippen molar-refractivity contribution in [2.75, 3.05) is 6.61 Å². The van der Waals surface area contributed by atoms with Gasteiger partial charge in [0, 0.05) is 5.02 Å². The van der Waals surface area contributed by atoms with Crippen molar-refractivity contribution < 1.29 is 4.74 Å². The number of hydrogen-bond acceptors (Lipinski definition) is 1. The number of benzene rings is 2. The molecule has 0 spiro atoms. The Morgan fingerprint density at radius 1 is 1.00 bits per heavy atom. The molecule has 0 fully saturated rings. The van der Waals surface area contributed by atoms with Crippen LogP contribution in [0.15, 0.2) is 42.5 Å². The molecule has 0 bridgehead atoms. The minimum Gasteiger partial charge on any atom is -0.492 e. The van der Waals surface area contributed by atoms with Crippen molar-refractivity contribution in [2.45, 2.75) is 13.3 Å². The van der Waals surface area contributed by atoms with E-state index >= 15 is 0 Å². The third kappa shape index (κ3) is 3.18. The molecule has 2 aromatic rings. The van der Waals surface area contributed by atoms with E-state index in [1.165, 1.54) is 0 Å². The van der Waals surface area contributed by atoms with E-state index in [-0.39, 0.29) is 0 Å². The van der Waals surface area contributed by atoms with Gasteiger partial charge < -0.3 is 4.74 Å². The Morgan fingerprint density at radius 2 is 1.78 bits per heavy atom. The normalized spacial score (nSPS) is 10.4. The molecule has 3 heteroatoms. The van der Waals surface area contributed by atoms with Crippen LogP contribution in [0.1, 0.15) is 13.3 Å². The standard InChI is InChI=1S/C15H14Cl2O/c1-2-8-18-15-7-6-12(10-14(15)17)11-4-3-5-13(16)9-11/h3-7,9-10H,2,8H2,1H3. The van der Waals surface area contributed by atoms with E-state index < -0.39 is 0 Å². The van der Waals surface area contributed by atoms with Crippen LogP contribution in [0.4, 0.5) is 0 Å². The minimum absolute atomic E-state index is 0.626.